The number of unbranched alkanes of at least 4 members (excludes halogenated alkanes) is 1. The van der Waals surface area contributed by atoms with E-state index in [2.05, 4.69) is 9.97 Å². The predicted octanol–water partition coefficient (Wildman–Crippen LogP) is 5.39. The van der Waals surface area contributed by atoms with Gasteiger partial charge in [-0.25, -0.2) is 13.2 Å². The maximum atomic E-state index is 14.4. The summed E-state index contributed by atoms with van der Waals surface area (Å²) >= 11 is 5.80. The highest BCUT2D eigenvalue weighted by atomic mass is 35.5. The first-order valence-electron chi connectivity index (χ1n) is 12.5. The zero-order chi connectivity index (χ0) is 27.6. The molecule has 0 radical (unpaired) electrons. The van der Waals surface area contributed by atoms with Crippen molar-refractivity contribution in [3.8, 4) is 5.88 Å². The van der Waals surface area contributed by atoms with Crippen LogP contribution in [0.2, 0.25) is 5.02 Å². The molecular weight excluding hydrogens is 521 g/mol. The first kappa shape index (κ1) is 27.6. The number of hydrogen-bond acceptors (Lipinski definition) is 5. The van der Waals surface area contributed by atoms with E-state index < -0.39 is 52.3 Å². The summed E-state index contributed by atoms with van der Waals surface area (Å²) in [7, 11) is 0. The van der Waals surface area contributed by atoms with E-state index in [-0.39, 0.29) is 35.2 Å². The van der Waals surface area contributed by atoms with Crippen molar-refractivity contribution in [2.45, 2.75) is 57.9 Å². The van der Waals surface area contributed by atoms with Crippen molar-refractivity contribution in [3.63, 3.8) is 0 Å². The standard InChI is InChI=1S/C27H28ClF3N4O3/c1-3-5-6-22-33-25(36)23(27(38)35(22)21(4-2)16-9-18(29)12-19(30)10-16)26(37)34-8-7-15(14-34)24-20(31)11-17(28)13-32-24/h9-13,15,21,38H,3-8,14H2,1-2H3. The minimum absolute atomic E-state index is 0.0766. The molecule has 7 nitrogen and oxygen atoms in total. The first-order chi connectivity index (χ1) is 18.1. The number of nitrogens with zero attached hydrogens (tertiary/aromatic N) is 4. The smallest absolute Gasteiger partial charge is 0.289 e. The Balaban J connectivity index is 1.74. The van der Waals surface area contributed by atoms with Crippen LogP contribution in [-0.4, -0.2) is 43.5 Å². The molecular formula is C27H28ClF3N4O3. The molecule has 3 heterocycles. The lowest BCUT2D eigenvalue weighted by Gasteiger charge is -2.26. The van der Waals surface area contributed by atoms with Gasteiger partial charge in [-0.15, -0.1) is 0 Å². The molecule has 1 aliphatic rings. The monoisotopic (exact) mass is 548 g/mol. The van der Waals surface area contributed by atoms with Crippen LogP contribution in [0, 0.1) is 17.5 Å². The van der Waals surface area contributed by atoms with E-state index in [1.165, 1.54) is 15.7 Å². The molecule has 1 aromatic carbocycles. The summed E-state index contributed by atoms with van der Waals surface area (Å²) in [6.45, 7) is 3.99. The summed E-state index contributed by atoms with van der Waals surface area (Å²) in [5.41, 5.74) is -1.04. The van der Waals surface area contributed by atoms with E-state index in [4.69, 9.17) is 11.6 Å². The molecule has 1 aliphatic heterocycles. The Bertz CT molecular complexity index is 1390. The maximum Gasteiger partial charge on any atom is 0.289 e. The number of aromatic hydroxyl groups is 1. The average molecular weight is 549 g/mol. The normalized spacial score (nSPS) is 16.2. The molecule has 3 aromatic rings. The minimum Gasteiger partial charge on any atom is -0.494 e. The van der Waals surface area contributed by atoms with E-state index in [0.717, 1.165) is 30.7 Å². The Labute approximate surface area is 222 Å². The third-order valence-corrected chi connectivity index (χ3v) is 7.02. The number of aryl methyl sites for hydroxylation is 1. The number of likely N-dealkylation sites (tertiary alicyclic amines) is 1. The van der Waals surface area contributed by atoms with E-state index >= 15 is 0 Å². The second-order valence-corrected chi connectivity index (χ2v) is 9.83. The van der Waals surface area contributed by atoms with Gasteiger partial charge in [0, 0.05) is 37.7 Å². The first-order valence-corrected chi connectivity index (χ1v) is 12.9. The summed E-state index contributed by atoms with van der Waals surface area (Å²) < 4.78 is 43.9. The number of rotatable bonds is 8. The molecule has 2 atom stereocenters. The summed E-state index contributed by atoms with van der Waals surface area (Å²) in [4.78, 5) is 36.1. The van der Waals surface area contributed by atoms with Gasteiger partial charge in [0.2, 0.25) is 5.88 Å². The van der Waals surface area contributed by atoms with E-state index in [9.17, 15) is 27.9 Å². The number of pyridine rings is 1. The van der Waals surface area contributed by atoms with Crippen LogP contribution < -0.4 is 5.56 Å². The summed E-state index contributed by atoms with van der Waals surface area (Å²) in [5.74, 6) is -3.74. The van der Waals surface area contributed by atoms with Gasteiger partial charge in [0.1, 0.15) is 23.3 Å². The van der Waals surface area contributed by atoms with Crippen molar-refractivity contribution >= 4 is 17.5 Å². The molecule has 1 fully saturated rings. The van der Waals surface area contributed by atoms with Gasteiger partial charge in [-0.05, 0) is 43.0 Å². The minimum atomic E-state index is -0.894. The molecule has 1 amide bonds. The third kappa shape index (κ3) is 5.55. The summed E-state index contributed by atoms with van der Waals surface area (Å²) in [5, 5.41) is 11.5. The van der Waals surface area contributed by atoms with E-state index in [1.54, 1.807) is 6.92 Å². The van der Waals surface area contributed by atoms with Crippen molar-refractivity contribution in [2.24, 2.45) is 0 Å². The number of aromatic nitrogens is 3. The maximum absolute atomic E-state index is 14.4. The Kier molecular flexibility index (Phi) is 8.40. The Hall–Kier alpha value is -3.40. The molecule has 11 heteroatoms. The van der Waals surface area contributed by atoms with Crippen molar-refractivity contribution in [1.29, 1.82) is 0 Å². The van der Waals surface area contributed by atoms with Crippen molar-refractivity contribution < 1.29 is 23.1 Å². The van der Waals surface area contributed by atoms with Crippen LogP contribution in [0.4, 0.5) is 13.2 Å². The van der Waals surface area contributed by atoms with Crippen LogP contribution in [0.5, 0.6) is 5.88 Å². The highest BCUT2D eigenvalue weighted by molar-refractivity contribution is 6.30. The molecule has 202 valence electrons. The Morgan fingerprint density at radius 1 is 1.18 bits per heavy atom. The van der Waals surface area contributed by atoms with E-state index in [1.807, 2.05) is 6.92 Å². The second kappa shape index (κ2) is 11.6. The lowest BCUT2D eigenvalue weighted by atomic mass is 10.0. The van der Waals surface area contributed by atoms with Crippen LogP contribution in [0.3, 0.4) is 0 Å². The van der Waals surface area contributed by atoms with Gasteiger partial charge in [-0.3, -0.25) is 19.1 Å². The van der Waals surface area contributed by atoms with Crippen LogP contribution in [0.1, 0.15) is 78.9 Å². The van der Waals surface area contributed by atoms with Gasteiger partial charge in [0.15, 0.2) is 5.56 Å². The van der Waals surface area contributed by atoms with Gasteiger partial charge >= 0.3 is 0 Å². The lowest BCUT2D eigenvalue weighted by molar-refractivity contribution is 0.0783. The number of carbonyl (C=O) groups excluding carboxylic acids is 1. The highest BCUT2D eigenvalue weighted by Crippen LogP contribution is 2.33. The van der Waals surface area contributed by atoms with Crippen LogP contribution in [0.25, 0.3) is 0 Å². The number of carbonyl (C=O) groups is 1. The molecule has 38 heavy (non-hydrogen) atoms. The number of amides is 1. The third-order valence-electron chi connectivity index (χ3n) is 6.81. The molecule has 4 rings (SSSR count). The van der Waals surface area contributed by atoms with E-state index in [0.29, 0.717) is 25.7 Å². The molecule has 0 spiro atoms. The second-order valence-electron chi connectivity index (χ2n) is 9.39. The quantitative estimate of drug-likeness (QED) is 0.408. The summed E-state index contributed by atoms with van der Waals surface area (Å²) in [6.07, 6.45) is 3.74. The zero-order valence-electron chi connectivity index (χ0n) is 21.1. The van der Waals surface area contributed by atoms with Gasteiger partial charge in [-0.1, -0.05) is 31.9 Å². The zero-order valence-corrected chi connectivity index (χ0v) is 21.8. The fourth-order valence-electron chi connectivity index (χ4n) is 4.98. The molecule has 1 saturated heterocycles. The SMILES string of the molecule is CCCCc1nc(=O)c(C(=O)N2CCC(c3ncc(Cl)cc3F)C2)c(O)n1C(CC)c1cc(F)cc(F)c1. The van der Waals surface area contributed by atoms with Gasteiger partial charge in [0.05, 0.1) is 16.8 Å². The number of benzene rings is 1. The largest absolute Gasteiger partial charge is 0.494 e. The van der Waals surface area contributed by atoms with Crippen molar-refractivity contribution in [3.05, 3.63) is 85.9 Å². The molecule has 2 unspecified atom stereocenters. The average Bonchev–Trinajstić information content (AvgIpc) is 3.34. The van der Waals surface area contributed by atoms with Crippen molar-refractivity contribution in [1.82, 2.24) is 19.4 Å². The number of halogens is 4. The van der Waals surface area contributed by atoms with Gasteiger partial charge in [-0.2, -0.15) is 4.98 Å². The molecule has 0 bridgehead atoms. The fraction of sp³-hybridized carbons (Fsp3) is 0.407. The van der Waals surface area contributed by atoms with Gasteiger partial charge < -0.3 is 10.0 Å². The molecule has 1 N–H and O–H groups in total. The fourth-order valence-corrected chi connectivity index (χ4v) is 5.12. The summed E-state index contributed by atoms with van der Waals surface area (Å²) in [6, 6.07) is 3.41. The topological polar surface area (TPSA) is 88.3 Å². The highest BCUT2D eigenvalue weighted by Gasteiger charge is 2.35. The Morgan fingerprint density at radius 3 is 2.53 bits per heavy atom. The lowest BCUT2D eigenvalue weighted by Crippen LogP contribution is -2.35. The van der Waals surface area contributed by atoms with Gasteiger partial charge in [0.25, 0.3) is 11.5 Å². The molecule has 0 saturated carbocycles. The van der Waals surface area contributed by atoms with Crippen LogP contribution in [-0.2, 0) is 6.42 Å². The predicted molar refractivity (Wildman–Crippen MR) is 136 cm³/mol. The van der Waals surface area contributed by atoms with Crippen LogP contribution >= 0.6 is 11.6 Å². The number of hydrogen-bond donors (Lipinski definition) is 1. The Morgan fingerprint density at radius 2 is 1.89 bits per heavy atom. The molecule has 2 aromatic heterocycles. The van der Waals surface area contributed by atoms with Crippen LogP contribution in [0.15, 0.2) is 35.3 Å². The molecule has 0 aliphatic carbocycles. The van der Waals surface area contributed by atoms with Crippen molar-refractivity contribution in [2.75, 3.05) is 13.1 Å².